The van der Waals surface area contributed by atoms with Crippen molar-refractivity contribution in [1.82, 2.24) is 9.88 Å². The number of nitrogens with zero attached hydrogens (tertiary/aromatic N) is 1. The molecule has 0 aliphatic carbocycles. The van der Waals surface area contributed by atoms with Gasteiger partial charge in [0.05, 0.1) is 0 Å². The highest BCUT2D eigenvalue weighted by Gasteiger charge is 2.38. The van der Waals surface area contributed by atoms with Crippen LogP contribution in [-0.4, -0.2) is 44.6 Å². The number of carbonyl (C=O) groups is 2. The molecule has 2 heterocycles. The van der Waals surface area contributed by atoms with E-state index >= 15 is 0 Å². The van der Waals surface area contributed by atoms with Crippen molar-refractivity contribution >= 4 is 57.5 Å². The maximum Gasteiger partial charge on any atom is 0.342 e. The van der Waals surface area contributed by atoms with Crippen molar-refractivity contribution in [3.63, 3.8) is 0 Å². The number of hydrogen-bond acceptors (Lipinski definition) is 3. The monoisotopic (exact) mass is 617 g/mol. The average molecular weight is 618 g/mol. The van der Waals surface area contributed by atoms with Crippen molar-refractivity contribution in [1.29, 1.82) is 0 Å². The number of amides is 2. The first-order valence-electron chi connectivity index (χ1n) is 15.0. The van der Waals surface area contributed by atoms with E-state index in [2.05, 4.69) is 28.6 Å². The fourth-order valence-electron chi connectivity index (χ4n) is 6.73. The highest BCUT2D eigenvalue weighted by molar-refractivity contribution is 7.53. The molecule has 226 valence electrons. The third kappa shape index (κ3) is 5.53. The molecule has 4 N–H and O–H groups in total. The van der Waals surface area contributed by atoms with Gasteiger partial charge in [-0.2, -0.15) is 0 Å². The maximum absolute atomic E-state index is 14.0. The van der Waals surface area contributed by atoms with Crippen LogP contribution in [0.2, 0.25) is 0 Å². The SMILES string of the molecule is O=C(Nc1cc(C(=O)N2CCC(c3c[nH]c4ccccc34)CC2)c2ccccc2c1)C(c1cccc2ccccc12)P(=O)(O)O. The number of piperidine rings is 1. The number of aromatic nitrogens is 1. The van der Waals surface area contributed by atoms with Crippen molar-refractivity contribution in [2.75, 3.05) is 18.4 Å². The smallest absolute Gasteiger partial charge is 0.342 e. The van der Waals surface area contributed by atoms with E-state index in [9.17, 15) is 23.9 Å². The molecule has 6 aromatic rings. The highest BCUT2D eigenvalue weighted by atomic mass is 31.2. The predicted molar refractivity (Wildman–Crippen MR) is 177 cm³/mol. The van der Waals surface area contributed by atoms with Crippen LogP contribution in [0.25, 0.3) is 32.4 Å². The van der Waals surface area contributed by atoms with Gasteiger partial charge >= 0.3 is 7.60 Å². The Kier molecular flexibility index (Phi) is 7.50. The molecule has 1 unspecified atom stereocenters. The third-order valence-corrected chi connectivity index (χ3v) is 10.1. The van der Waals surface area contributed by atoms with Crippen molar-refractivity contribution in [3.8, 4) is 0 Å². The van der Waals surface area contributed by atoms with E-state index in [1.165, 1.54) is 10.9 Å². The summed E-state index contributed by atoms with van der Waals surface area (Å²) in [5, 5.41) is 6.81. The van der Waals surface area contributed by atoms with Crippen LogP contribution in [0.3, 0.4) is 0 Å². The van der Waals surface area contributed by atoms with Crippen LogP contribution >= 0.6 is 7.60 Å². The number of rotatable bonds is 6. The quantitative estimate of drug-likeness (QED) is 0.146. The van der Waals surface area contributed by atoms with E-state index < -0.39 is 19.2 Å². The Hall–Kier alpha value is -4.75. The third-order valence-electron chi connectivity index (χ3n) is 8.91. The van der Waals surface area contributed by atoms with Crippen LogP contribution in [0.5, 0.6) is 0 Å². The minimum absolute atomic E-state index is 0.139. The molecule has 1 saturated heterocycles. The van der Waals surface area contributed by atoms with Crippen LogP contribution in [0.1, 0.15) is 45.9 Å². The van der Waals surface area contributed by atoms with Crippen molar-refractivity contribution < 1.29 is 23.9 Å². The second kappa shape index (κ2) is 11.6. The van der Waals surface area contributed by atoms with Gasteiger partial charge in [0.15, 0.2) is 5.66 Å². The molecule has 1 atom stereocenters. The number of para-hydroxylation sites is 1. The summed E-state index contributed by atoms with van der Waals surface area (Å²) in [6, 6.07) is 31.3. The lowest BCUT2D eigenvalue weighted by molar-refractivity contribution is -0.116. The van der Waals surface area contributed by atoms with E-state index in [4.69, 9.17) is 0 Å². The van der Waals surface area contributed by atoms with Gasteiger partial charge in [-0.05, 0) is 69.6 Å². The topological polar surface area (TPSA) is 123 Å². The first-order valence-corrected chi connectivity index (χ1v) is 16.7. The van der Waals surface area contributed by atoms with E-state index in [0.29, 0.717) is 35.6 Å². The molecule has 1 aliphatic heterocycles. The first kappa shape index (κ1) is 29.0. The van der Waals surface area contributed by atoms with Gasteiger partial charge in [-0.25, -0.2) is 0 Å². The van der Waals surface area contributed by atoms with Gasteiger partial charge in [-0.3, -0.25) is 14.2 Å². The first-order chi connectivity index (χ1) is 21.8. The number of fused-ring (bicyclic) bond motifs is 3. The summed E-state index contributed by atoms with van der Waals surface area (Å²) in [6.45, 7) is 1.19. The van der Waals surface area contributed by atoms with E-state index in [-0.39, 0.29) is 11.5 Å². The number of H-pyrrole nitrogens is 1. The fourth-order valence-corrected chi connectivity index (χ4v) is 7.69. The summed E-state index contributed by atoms with van der Waals surface area (Å²) < 4.78 is 12.8. The molecule has 1 fully saturated rings. The number of likely N-dealkylation sites (tertiary alicyclic amines) is 1. The second-order valence-corrected chi connectivity index (χ2v) is 13.3. The van der Waals surface area contributed by atoms with Crippen molar-refractivity contribution in [2.45, 2.75) is 24.4 Å². The molecule has 7 rings (SSSR count). The molecule has 0 radical (unpaired) electrons. The van der Waals surface area contributed by atoms with Gasteiger partial charge < -0.3 is 25.0 Å². The molecule has 0 spiro atoms. The van der Waals surface area contributed by atoms with Crippen LogP contribution in [-0.2, 0) is 9.36 Å². The molecule has 8 nitrogen and oxygen atoms in total. The largest absolute Gasteiger partial charge is 0.361 e. The Morgan fingerprint density at radius 3 is 2.20 bits per heavy atom. The van der Waals surface area contributed by atoms with Gasteiger partial charge in [0.2, 0.25) is 5.91 Å². The molecule has 1 aromatic heterocycles. The zero-order valence-electron chi connectivity index (χ0n) is 24.4. The number of hydrogen-bond donors (Lipinski definition) is 4. The normalized spacial score (nSPS) is 15.0. The molecule has 0 saturated carbocycles. The summed E-state index contributed by atoms with van der Waals surface area (Å²) in [6.07, 6.45) is 3.74. The zero-order chi connectivity index (χ0) is 31.1. The van der Waals surface area contributed by atoms with Gasteiger partial charge in [0.25, 0.3) is 5.91 Å². The number of aromatic amines is 1. The van der Waals surface area contributed by atoms with Crippen LogP contribution in [0, 0.1) is 0 Å². The van der Waals surface area contributed by atoms with E-state index in [1.54, 1.807) is 36.4 Å². The predicted octanol–water partition coefficient (Wildman–Crippen LogP) is 7.35. The van der Waals surface area contributed by atoms with Gasteiger partial charge in [-0.15, -0.1) is 0 Å². The van der Waals surface area contributed by atoms with E-state index in [1.807, 2.05) is 59.5 Å². The Bertz CT molecular complexity index is 2120. The summed E-state index contributed by atoms with van der Waals surface area (Å²) in [4.78, 5) is 53.6. The van der Waals surface area contributed by atoms with Crippen molar-refractivity contribution in [3.05, 3.63) is 126 Å². The van der Waals surface area contributed by atoms with E-state index in [0.717, 1.165) is 34.5 Å². The van der Waals surface area contributed by atoms with Crippen molar-refractivity contribution in [2.24, 2.45) is 0 Å². The standard InChI is InChI=1S/C36H32N3O5P/c40-35(34(45(42,43)44)30-14-7-10-23-8-1-3-11-27(23)30)38-26-20-25-9-2-4-12-28(25)31(21-26)36(41)39-18-16-24(17-19-39)32-22-37-33-15-6-5-13-29(32)33/h1-15,20-22,24,34,37H,16-19H2,(H,38,40)(H2,42,43,44). The minimum Gasteiger partial charge on any atom is -0.361 e. The number of carbonyl (C=O) groups excluding carboxylic acids is 2. The Balaban J connectivity index is 1.17. The number of anilines is 1. The lowest BCUT2D eigenvalue weighted by Crippen LogP contribution is -2.38. The summed E-state index contributed by atoms with van der Waals surface area (Å²) in [5.74, 6) is -0.639. The summed E-state index contributed by atoms with van der Waals surface area (Å²) >= 11 is 0. The molecule has 45 heavy (non-hydrogen) atoms. The Morgan fingerprint density at radius 2 is 1.44 bits per heavy atom. The molecular weight excluding hydrogens is 585 g/mol. The lowest BCUT2D eigenvalue weighted by Gasteiger charge is -2.32. The number of nitrogens with one attached hydrogen (secondary N) is 2. The van der Waals surface area contributed by atoms with Crippen LogP contribution in [0.15, 0.2) is 109 Å². The average Bonchev–Trinajstić information content (AvgIpc) is 3.48. The molecular formula is C36H32N3O5P. The molecule has 2 amide bonds. The zero-order valence-corrected chi connectivity index (χ0v) is 25.3. The molecule has 0 bridgehead atoms. The van der Waals surface area contributed by atoms with Gasteiger partial charge in [-0.1, -0.05) is 84.9 Å². The number of benzene rings is 5. The Labute approximate surface area is 259 Å². The lowest BCUT2D eigenvalue weighted by atomic mass is 9.89. The van der Waals surface area contributed by atoms with Gasteiger partial charge in [0.1, 0.15) is 0 Å². The van der Waals surface area contributed by atoms with Crippen LogP contribution in [0.4, 0.5) is 5.69 Å². The van der Waals surface area contributed by atoms with Crippen LogP contribution < -0.4 is 5.32 Å². The summed E-state index contributed by atoms with van der Waals surface area (Å²) in [5.41, 5.74) is 1.64. The maximum atomic E-state index is 14.0. The minimum atomic E-state index is -4.93. The molecule has 1 aliphatic rings. The highest BCUT2D eigenvalue weighted by Crippen LogP contribution is 2.53. The Morgan fingerprint density at radius 1 is 0.800 bits per heavy atom. The van der Waals surface area contributed by atoms with Gasteiger partial charge in [0, 0.05) is 41.4 Å². The fraction of sp³-hybridized carbons (Fsp3) is 0.167. The molecule has 5 aromatic carbocycles. The second-order valence-electron chi connectivity index (χ2n) is 11.7. The molecule has 9 heteroatoms. The summed E-state index contributed by atoms with van der Waals surface area (Å²) in [7, 11) is -4.93.